The van der Waals surface area contributed by atoms with Gasteiger partial charge in [0, 0.05) is 26.2 Å². The van der Waals surface area contributed by atoms with Gasteiger partial charge in [-0.1, -0.05) is 34.8 Å². The smallest absolute Gasteiger partial charge is 0.238 e. The number of hydrogen-bond acceptors (Lipinski definition) is 4. The fraction of sp³-hybridized carbons (Fsp3) is 0.353. The fourth-order valence-corrected chi connectivity index (χ4v) is 3.33. The molecule has 1 aliphatic rings. The molecule has 0 aliphatic carbocycles. The van der Waals surface area contributed by atoms with Crippen molar-refractivity contribution in [3.63, 3.8) is 0 Å². The van der Waals surface area contributed by atoms with Gasteiger partial charge in [-0.3, -0.25) is 14.6 Å². The number of piperazine rings is 1. The average molecular weight is 403 g/mol. The van der Waals surface area contributed by atoms with Crippen molar-refractivity contribution in [1.29, 1.82) is 0 Å². The number of carbonyl (C=O) groups is 1. The van der Waals surface area contributed by atoms with E-state index in [9.17, 15) is 4.79 Å². The van der Waals surface area contributed by atoms with Crippen LogP contribution in [0.15, 0.2) is 34.9 Å². The average Bonchev–Trinajstić information content (AvgIpc) is 3.07. The second-order valence-electron chi connectivity index (χ2n) is 5.93. The van der Waals surface area contributed by atoms with Crippen LogP contribution >= 0.6 is 34.8 Å². The molecule has 1 aromatic carbocycles. The van der Waals surface area contributed by atoms with E-state index in [4.69, 9.17) is 39.2 Å². The highest BCUT2D eigenvalue weighted by Crippen LogP contribution is 2.32. The predicted molar refractivity (Wildman–Crippen MR) is 101 cm³/mol. The van der Waals surface area contributed by atoms with Crippen molar-refractivity contribution < 1.29 is 9.21 Å². The minimum absolute atomic E-state index is 0.125. The molecule has 1 aliphatic heterocycles. The summed E-state index contributed by atoms with van der Waals surface area (Å²) < 4.78 is 5.37. The highest BCUT2D eigenvalue weighted by Gasteiger charge is 2.20. The molecule has 0 atom stereocenters. The van der Waals surface area contributed by atoms with Crippen molar-refractivity contribution in [1.82, 2.24) is 9.80 Å². The van der Waals surface area contributed by atoms with Crippen molar-refractivity contribution in [3.05, 3.63) is 51.4 Å². The first kappa shape index (κ1) is 18.5. The number of amides is 1. The van der Waals surface area contributed by atoms with Crippen LogP contribution in [0.25, 0.3) is 0 Å². The first-order chi connectivity index (χ1) is 12.0. The standard InChI is InChI=1S/C17H18Cl3N3O2/c18-13-8-15(20)16(9-14(13)19)21-17(24)11-23-5-3-22(4-6-23)10-12-2-1-7-25-12/h1-2,7-9H,3-6,10-11H2,(H,21,24). The van der Waals surface area contributed by atoms with Crippen molar-refractivity contribution >= 4 is 46.4 Å². The van der Waals surface area contributed by atoms with Crippen LogP contribution in [0.3, 0.4) is 0 Å². The first-order valence-corrected chi connectivity index (χ1v) is 9.06. The molecule has 0 unspecified atom stereocenters. The molecule has 2 heterocycles. The van der Waals surface area contributed by atoms with Gasteiger partial charge in [0.1, 0.15) is 5.76 Å². The third-order valence-electron chi connectivity index (χ3n) is 4.08. The largest absolute Gasteiger partial charge is 0.468 e. The molecule has 8 heteroatoms. The van der Waals surface area contributed by atoms with Gasteiger partial charge in [-0.15, -0.1) is 0 Å². The van der Waals surface area contributed by atoms with Gasteiger partial charge in [0.15, 0.2) is 0 Å². The summed E-state index contributed by atoms with van der Waals surface area (Å²) >= 11 is 18.0. The number of carbonyl (C=O) groups excluding carboxylic acids is 1. The highest BCUT2D eigenvalue weighted by atomic mass is 35.5. The van der Waals surface area contributed by atoms with Crippen molar-refractivity contribution in [2.24, 2.45) is 0 Å². The molecule has 5 nitrogen and oxygen atoms in total. The summed E-state index contributed by atoms with van der Waals surface area (Å²) in [6, 6.07) is 6.95. The molecule has 1 amide bonds. The Kier molecular flexibility index (Phi) is 6.25. The van der Waals surface area contributed by atoms with Crippen molar-refractivity contribution in [2.75, 3.05) is 38.0 Å². The minimum atomic E-state index is -0.125. The predicted octanol–water partition coefficient (Wildman–Crippen LogP) is 4.00. The summed E-state index contributed by atoms with van der Waals surface area (Å²) in [6.07, 6.45) is 1.68. The third-order valence-corrected chi connectivity index (χ3v) is 5.11. The van der Waals surface area contributed by atoms with Gasteiger partial charge in [-0.2, -0.15) is 0 Å². The molecule has 0 saturated carbocycles. The number of halogens is 3. The van der Waals surface area contributed by atoms with Crippen LogP contribution in [0.5, 0.6) is 0 Å². The second kappa shape index (κ2) is 8.43. The maximum Gasteiger partial charge on any atom is 0.238 e. The molecular formula is C17H18Cl3N3O2. The third kappa shape index (κ3) is 5.12. The van der Waals surface area contributed by atoms with E-state index >= 15 is 0 Å². The number of furan rings is 1. The number of nitrogens with zero attached hydrogens (tertiary/aromatic N) is 2. The fourth-order valence-electron chi connectivity index (χ4n) is 2.74. The maximum atomic E-state index is 12.3. The van der Waals surface area contributed by atoms with E-state index in [2.05, 4.69) is 15.1 Å². The van der Waals surface area contributed by atoms with Crippen molar-refractivity contribution in [3.8, 4) is 0 Å². The number of anilines is 1. The van der Waals surface area contributed by atoms with Crippen LogP contribution in [-0.2, 0) is 11.3 Å². The summed E-state index contributed by atoms with van der Waals surface area (Å²) in [5, 5.41) is 3.87. The molecule has 0 radical (unpaired) electrons. The lowest BCUT2D eigenvalue weighted by molar-refractivity contribution is -0.117. The zero-order valence-corrected chi connectivity index (χ0v) is 15.7. The van der Waals surface area contributed by atoms with Gasteiger partial charge in [-0.05, 0) is 24.3 Å². The zero-order valence-electron chi connectivity index (χ0n) is 13.5. The molecule has 0 spiro atoms. The van der Waals surface area contributed by atoms with Gasteiger partial charge < -0.3 is 9.73 Å². The van der Waals surface area contributed by atoms with E-state index in [1.54, 1.807) is 12.3 Å². The second-order valence-corrected chi connectivity index (χ2v) is 7.15. The summed E-state index contributed by atoms with van der Waals surface area (Å²) in [7, 11) is 0. The number of rotatable bonds is 5. The Morgan fingerprint density at radius 1 is 1.04 bits per heavy atom. The molecule has 1 saturated heterocycles. The number of nitrogens with one attached hydrogen (secondary N) is 1. The lowest BCUT2D eigenvalue weighted by atomic mass is 10.2. The van der Waals surface area contributed by atoms with E-state index in [1.807, 2.05) is 12.1 Å². The first-order valence-electron chi connectivity index (χ1n) is 7.93. The topological polar surface area (TPSA) is 48.7 Å². The SMILES string of the molecule is O=C(CN1CCN(Cc2ccco2)CC1)Nc1cc(Cl)c(Cl)cc1Cl. The molecule has 1 N–H and O–H groups in total. The molecular weight excluding hydrogens is 385 g/mol. The highest BCUT2D eigenvalue weighted by molar-refractivity contribution is 6.44. The molecule has 3 rings (SSSR count). The Balaban J connectivity index is 1.47. The molecule has 1 fully saturated rings. The monoisotopic (exact) mass is 401 g/mol. The molecule has 2 aromatic rings. The van der Waals surface area contributed by atoms with Gasteiger partial charge in [0.05, 0.1) is 40.1 Å². The molecule has 134 valence electrons. The normalized spacial score (nSPS) is 16.1. The van der Waals surface area contributed by atoms with E-state index in [1.165, 1.54) is 6.07 Å². The molecule has 25 heavy (non-hydrogen) atoms. The van der Waals surface area contributed by atoms with E-state index < -0.39 is 0 Å². The van der Waals surface area contributed by atoms with Crippen LogP contribution in [0, 0.1) is 0 Å². The van der Waals surface area contributed by atoms with E-state index in [0.717, 1.165) is 38.5 Å². The minimum Gasteiger partial charge on any atom is -0.468 e. The van der Waals surface area contributed by atoms with Crippen LogP contribution < -0.4 is 5.32 Å². The Morgan fingerprint density at radius 3 is 2.40 bits per heavy atom. The quantitative estimate of drug-likeness (QED) is 0.768. The van der Waals surface area contributed by atoms with Gasteiger partial charge in [0.2, 0.25) is 5.91 Å². The Morgan fingerprint density at radius 2 is 1.72 bits per heavy atom. The number of hydrogen-bond donors (Lipinski definition) is 1. The Labute approximate surface area is 161 Å². The van der Waals surface area contributed by atoms with E-state index in [-0.39, 0.29) is 5.91 Å². The Hall–Kier alpha value is -1.24. The Bertz CT molecular complexity index is 729. The van der Waals surface area contributed by atoms with E-state index in [0.29, 0.717) is 27.3 Å². The maximum absolute atomic E-state index is 12.3. The van der Waals surface area contributed by atoms with Gasteiger partial charge >= 0.3 is 0 Å². The number of benzene rings is 1. The van der Waals surface area contributed by atoms with Gasteiger partial charge in [0.25, 0.3) is 0 Å². The summed E-state index contributed by atoms with van der Waals surface area (Å²) in [5.74, 6) is 0.834. The zero-order chi connectivity index (χ0) is 17.8. The lowest BCUT2D eigenvalue weighted by Gasteiger charge is -2.33. The lowest BCUT2D eigenvalue weighted by Crippen LogP contribution is -2.48. The van der Waals surface area contributed by atoms with Crippen LogP contribution in [0.1, 0.15) is 5.76 Å². The van der Waals surface area contributed by atoms with Crippen LogP contribution in [0.4, 0.5) is 5.69 Å². The van der Waals surface area contributed by atoms with Crippen LogP contribution in [-0.4, -0.2) is 48.4 Å². The molecule has 1 aromatic heterocycles. The van der Waals surface area contributed by atoms with Crippen LogP contribution in [0.2, 0.25) is 15.1 Å². The van der Waals surface area contributed by atoms with Crippen molar-refractivity contribution in [2.45, 2.75) is 6.54 Å². The summed E-state index contributed by atoms with van der Waals surface area (Å²) in [6.45, 7) is 4.53. The summed E-state index contributed by atoms with van der Waals surface area (Å²) in [5.41, 5.74) is 0.470. The van der Waals surface area contributed by atoms with Gasteiger partial charge in [-0.25, -0.2) is 0 Å². The molecule has 0 bridgehead atoms. The summed E-state index contributed by atoms with van der Waals surface area (Å²) in [4.78, 5) is 16.7.